The van der Waals surface area contributed by atoms with Crippen molar-refractivity contribution < 1.29 is 42.5 Å². The van der Waals surface area contributed by atoms with E-state index in [4.69, 9.17) is 14.2 Å². The number of methoxy groups -OCH3 is 1. The first-order valence-corrected chi connectivity index (χ1v) is 7.61. The zero-order valence-corrected chi connectivity index (χ0v) is 13.2. The summed E-state index contributed by atoms with van der Waals surface area (Å²) < 4.78 is 39.3. The molecule has 0 aromatic rings. The lowest BCUT2D eigenvalue weighted by Gasteiger charge is -2.38. The van der Waals surface area contributed by atoms with Crippen molar-refractivity contribution in [2.45, 2.75) is 17.7 Å². The maximum atomic E-state index is 12.2. The van der Waals surface area contributed by atoms with E-state index >= 15 is 0 Å². The smallest absolute Gasteiger partial charge is 0.362 e. The highest BCUT2D eigenvalue weighted by Gasteiger charge is 2.52. The summed E-state index contributed by atoms with van der Waals surface area (Å²) in [5, 5.41) is 14.0. The van der Waals surface area contributed by atoms with Crippen LogP contribution in [0, 0.1) is 0 Å². The number of carbonyl (C=O) groups excluding carboxylic acids is 2. The summed E-state index contributed by atoms with van der Waals surface area (Å²) in [5.41, 5.74) is -1.89. The van der Waals surface area contributed by atoms with Crippen LogP contribution in [0.25, 0.3) is 0 Å². The average Bonchev–Trinajstić information content (AvgIpc) is 2.91. The van der Waals surface area contributed by atoms with Gasteiger partial charge in [-0.15, -0.1) is 0 Å². The molecule has 0 aliphatic carbocycles. The Bertz CT molecular complexity index is 586. The molecule has 0 spiro atoms. The second kappa shape index (κ2) is 7.32. The number of aliphatic carboxylic acids is 1. The van der Waals surface area contributed by atoms with Gasteiger partial charge >= 0.3 is 11.9 Å². The molecule has 0 saturated carbocycles. The largest absolute Gasteiger partial charge is 0.478 e. The Hall–Kier alpha value is -1.92. The van der Waals surface area contributed by atoms with Crippen molar-refractivity contribution in [3.8, 4) is 0 Å². The standard InChI is InChI=1S/C12H14F2N2O7S/c1-21-12(10(19)20,16-6(17)4-24-11(13)14)9-15-7-5(3-23-9)2-22-8(7)18/h9,11,15H,2-4H2,1H3,(H,16,17)(H,19,20)/t9-,12-/m1/s1. The zero-order valence-electron chi connectivity index (χ0n) is 12.3. The second-order valence-electron chi connectivity index (χ2n) is 4.75. The fourth-order valence-electron chi connectivity index (χ4n) is 2.15. The molecule has 2 aliphatic rings. The molecule has 1 amide bonds. The van der Waals surface area contributed by atoms with E-state index in [1.165, 1.54) is 0 Å². The first kappa shape index (κ1) is 18.4. The minimum absolute atomic E-state index is 0.0122. The number of hydrogen-bond donors (Lipinski definition) is 3. The van der Waals surface area contributed by atoms with Crippen LogP contribution in [0.2, 0.25) is 0 Å². The Morgan fingerprint density at radius 3 is 2.83 bits per heavy atom. The third-order valence-electron chi connectivity index (χ3n) is 3.31. The average molecular weight is 368 g/mol. The first-order valence-electron chi connectivity index (χ1n) is 6.56. The SMILES string of the molecule is CO[C@@](NC(=O)CSC(F)F)(C(=O)O)[C@@H]1NC2=C(COC2=O)CO1. The normalized spacial score (nSPS) is 22.5. The maximum absolute atomic E-state index is 12.2. The molecular formula is C12H14F2N2O7S. The summed E-state index contributed by atoms with van der Waals surface area (Å²) in [4.78, 5) is 35.0. The number of amides is 1. The monoisotopic (exact) mass is 368 g/mol. The molecule has 0 unspecified atom stereocenters. The lowest BCUT2D eigenvalue weighted by molar-refractivity contribution is -0.197. The van der Waals surface area contributed by atoms with Gasteiger partial charge in [0.25, 0.3) is 11.5 Å². The molecule has 2 aliphatic heterocycles. The van der Waals surface area contributed by atoms with Crippen LogP contribution in [0.15, 0.2) is 11.3 Å². The quantitative estimate of drug-likeness (QED) is 0.393. The first-order chi connectivity index (χ1) is 11.3. The number of nitrogens with one attached hydrogen (secondary N) is 2. The molecule has 12 heteroatoms. The molecule has 24 heavy (non-hydrogen) atoms. The van der Waals surface area contributed by atoms with Crippen LogP contribution in [0.1, 0.15) is 0 Å². The van der Waals surface area contributed by atoms with Crippen molar-refractivity contribution in [2.75, 3.05) is 26.1 Å². The number of hydrogen-bond acceptors (Lipinski definition) is 8. The molecule has 0 fully saturated rings. The van der Waals surface area contributed by atoms with Crippen molar-refractivity contribution in [3.63, 3.8) is 0 Å². The molecule has 9 nitrogen and oxygen atoms in total. The highest BCUT2D eigenvalue weighted by atomic mass is 32.2. The van der Waals surface area contributed by atoms with Crippen LogP contribution in [0.4, 0.5) is 8.78 Å². The Balaban J connectivity index is 2.17. The molecule has 0 bridgehead atoms. The second-order valence-corrected chi connectivity index (χ2v) is 5.73. The number of alkyl halides is 2. The number of ether oxygens (including phenoxy) is 3. The fraction of sp³-hybridized carbons (Fsp3) is 0.583. The van der Waals surface area contributed by atoms with Crippen LogP contribution in [-0.2, 0) is 28.6 Å². The number of rotatable bonds is 7. The molecule has 2 rings (SSSR count). The van der Waals surface area contributed by atoms with Gasteiger partial charge in [-0.25, -0.2) is 9.59 Å². The van der Waals surface area contributed by atoms with Crippen LogP contribution >= 0.6 is 11.8 Å². The summed E-state index contributed by atoms with van der Waals surface area (Å²) in [6.07, 6.45) is -1.47. The summed E-state index contributed by atoms with van der Waals surface area (Å²) in [7, 11) is 0.997. The van der Waals surface area contributed by atoms with E-state index in [-0.39, 0.29) is 30.7 Å². The molecule has 2 atom stereocenters. The third kappa shape index (κ3) is 3.60. The van der Waals surface area contributed by atoms with Crippen LogP contribution < -0.4 is 10.6 Å². The van der Waals surface area contributed by atoms with E-state index in [1.807, 2.05) is 5.32 Å². The molecule has 0 radical (unpaired) electrons. The van der Waals surface area contributed by atoms with Gasteiger partial charge in [-0.2, -0.15) is 8.78 Å². The highest BCUT2D eigenvalue weighted by Crippen LogP contribution is 2.25. The van der Waals surface area contributed by atoms with Gasteiger partial charge in [0.2, 0.25) is 5.91 Å². The molecule has 0 saturated heterocycles. The number of esters is 1. The molecule has 2 heterocycles. The minimum atomic E-state index is -2.79. The molecule has 134 valence electrons. The highest BCUT2D eigenvalue weighted by molar-refractivity contribution is 8.00. The van der Waals surface area contributed by atoms with Gasteiger partial charge in [0.1, 0.15) is 12.3 Å². The minimum Gasteiger partial charge on any atom is -0.478 e. The zero-order chi connectivity index (χ0) is 17.9. The van der Waals surface area contributed by atoms with Gasteiger partial charge in [-0.05, 0) is 0 Å². The number of cyclic esters (lactones) is 1. The lowest BCUT2D eigenvalue weighted by Crippen LogP contribution is -2.69. The number of carbonyl (C=O) groups is 3. The number of thioether (sulfide) groups is 1. The molecular weight excluding hydrogens is 354 g/mol. The van der Waals surface area contributed by atoms with Gasteiger partial charge in [-0.1, -0.05) is 11.8 Å². The lowest BCUT2D eigenvalue weighted by atomic mass is 10.1. The number of halogens is 2. The Labute approximate surface area is 138 Å². The van der Waals surface area contributed by atoms with E-state index in [2.05, 4.69) is 5.32 Å². The topological polar surface area (TPSA) is 123 Å². The van der Waals surface area contributed by atoms with E-state index in [1.54, 1.807) is 0 Å². The number of carboxylic acids is 1. The van der Waals surface area contributed by atoms with Crippen molar-refractivity contribution in [3.05, 3.63) is 11.3 Å². The molecule has 0 aromatic carbocycles. The Kier molecular flexibility index (Phi) is 5.62. The van der Waals surface area contributed by atoms with Crippen LogP contribution in [-0.4, -0.2) is 66.7 Å². The van der Waals surface area contributed by atoms with Gasteiger partial charge in [0.05, 0.1) is 12.4 Å². The van der Waals surface area contributed by atoms with Crippen LogP contribution in [0.5, 0.6) is 0 Å². The van der Waals surface area contributed by atoms with E-state index in [0.717, 1.165) is 7.11 Å². The van der Waals surface area contributed by atoms with E-state index in [0.29, 0.717) is 5.57 Å². The maximum Gasteiger partial charge on any atom is 0.362 e. The van der Waals surface area contributed by atoms with Gasteiger partial charge in [-0.3, -0.25) is 4.79 Å². The summed E-state index contributed by atoms with van der Waals surface area (Å²) in [5.74, 6) is -6.79. The Morgan fingerprint density at radius 2 is 2.25 bits per heavy atom. The van der Waals surface area contributed by atoms with E-state index in [9.17, 15) is 28.3 Å². The Morgan fingerprint density at radius 1 is 1.54 bits per heavy atom. The van der Waals surface area contributed by atoms with Crippen molar-refractivity contribution >= 4 is 29.6 Å². The summed E-state index contributed by atoms with van der Waals surface area (Å²) in [6.45, 7) is -0.100. The van der Waals surface area contributed by atoms with Crippen LogP contribution in [0.3, 0.4) is 0 Å². The summed E-state index contributed by atoms with van der Waals surface area (Å²) in [6, 6.07) is 0. The number of carboxylic acid groups (broad SMARTS) is 1. The predicted molar refractivity (Wildman–Crippen MR) is 74.8 cm³/mol. The third-order valence-corrected chi connectivity index (χ3v) is 3.99. The fourth-order valence-corrected chi connectivity index (χ4v) is 2.50. The molecule has 0 aromatic heterocycles. The predicted octanol–water partition coefficient (Wildman–Crippen LogP) is -0.757. The van der Waals surface area contributed by atoms with Gasteiger partial charge < -0.3 is 30.0 Å². The summed E-state index contributed by atoms with van der Waals surface area (Å²) >= 11 is 0.0262. The van der Waals surface area contributed by atoms with Gasteiger partial charge in [0, 0.05) is 12.7 Å². The van der Waals surface area contributed by atoms with Crippen molar-refractivity contribution in [1.82, 2.24) is 10.6 Å². The molecule has 3 N–H and O–H groups in total. The van der Waals surface area contributed by atoms with E-state index < -0.39 is 41.3 Å². The van der Waals surface area contributed by atoms with Crippen molar-refractivity contribution in [2.24, 2.45) is 0 Å². The van der Waals surface area contributed by atoms with Crippen molar-refractivity contribution in [1.29, 1.82) is 0 Å². The van der Waals surface area contributed by atoms with Gasteiger partial charge in [0.15, 0.2) is 6.23 Å².